The van der Waals surface area contributed by atoms with Gasteiger partial charge < -0.3 is 9.80 Å². The highest BCUT2D eigenvalue weighted by Gasteiger charge is 2.49. The Hall–Kier alpha value is -1.43. The molecule has 5 nitrogen and oxygen atoms in total. The van der Waals surface area contributed by atoms with E-state index in [1.54, 1.807) is 11.3 Å². The number of aryl methyl sites for hydroxylation is 1. The van der Waals surface area contributed by atoms with Gasteiger partial charge >= 0.3 is 0 Å². The fourth-order valence-corrected chi connectivity index (χ4v) is 4.77. The van der Waals surface area contributed by atoms with Crippen LogP contribution in [0.15, 0.2) is 5.38 Å². The maximum Gasteiger partial charge on any atom is 0.230 e. The van der Waals surface area contributed by atoms with Crippen LogP contribution in [0.2, 0.25) is 0 Å². The average molecular weight is 347 g/mol. The summed E-state index contributed by atoms with van der Waals surface area (Å²) >= 11 is 1.58. The van der Waals surface area contributed by atoms with Crippen molar-refractivity contribution >= 4 is 23.2 Å². The normalized spacial score (nSPS) is 27.3. The first-order chi connectivity index (χ1) is 11.6. The van der Waals surface area contributed by atoms with E-state index in [2.05, 4.69) is 9.88 Å². The van der Waals surface area contributed by atoms with Crippen LogP contribution in [-0.4, -0.2) is 52.8 Å². The monoisotopic (exact) mass is 347 g/mol. The smallest absolute Gasteiger partial charge is 0.230 e. The number of aromatic nitrogens is 1. The first kappa shape index (κ1) is 16.1. The maximum absolute atomic E-state index is 13.0. The molecule has 1 aromatic heterocycles. The van der Waals surface area contributed by atoms with Crippen LogP contribution in [0, 0.1) is 18.3 Å². The average Bonchev–Trinajstić information content (AvgIpc) is 3.12. The summed E-state index contributed by atoms with van der Waals surface area (Å²) in [5.41, 5.74) is 0.551. The van der Waals surface area contributed by atoms with Crippen LogP contribution in [-0.2, 0) is 16.0 Å². The summed E-state index contributed by atoms with van der Waals surface area (Å²) in [5, 5.41) is 2.95. The Bertz CT molecular complexity index is 654. The highest BCUT2D eigenvalue weighted by molar-refractivity contribution is 7.09. The number of likely N-dealkylation sites (tertiary alicyclic amines) is 2. The molecule has 1 spiro atoms. The van der Waals surface area contributed by atoms with Crippen molar-refractivity contribution in [3.63, 3.8) is 0 Å². The molecule has 0 bridgehead atoms. The number of carbonyl (C=O) groups is 2. The first-order valence-electron chi connectivity index (χ1n) is 9.04. The molecule has 2 saturated heterocycles. The van der Waals surface area contributed by atoms with Crippen molar-refractivity contribution in [1.29, 1.82) is 0 Å². The van der Waals surface area contributed by atoms with Gasteiger partial charge in [-0.25, -0.2) is 4.98 Å². The minimum Gasteiger partial charge on any atom is -0.342 e. The Morgan fingerprint density at radius 1 is 1.38 bits per heavy atom. The van der Waals surface area contributed by atoms with Crippen LogP contribution in [0.25, 0.3) is 0 Å². The quantitative estimate of drug-likeness (QED) is 0.839. The van der Waals surface area contributed by atoms with Gasteiger partial charge in [0, 0.05) is 31.6 Å². The third-order valence-electron chi connectivity index (χ3n) is 5.71. The van der Waals surface area contributed by atoms with Gasteiger partial charge in [0.15, 0.2) is 0 Å². The van der Waals surface area contributed by atoms with Crippen molar-refractivity contribution in [1.82, 2.24) is 14.8 Å². The minimum atomic E-state index is -0.305. The molecule has 2 amide bonds. The molecule has 3 aliphatic rings. The largest absolute Gasteiger partial charge is 0.342 e. The number of hydrogen-bond acceptors (Lipinski definition) is 4. The van der Waals surface area contributed by atoms with E-state index in [1.165, 1.54) is 12.8 Å². The van der Waals surface area contributed by atoms with Crippen molar-refractivity contribution in [2.24, 2.45) is 11.3 Å². The molecule has 130 valence electrons. The van der Waals surface area contributed by atoms with Crippen LogP contribution < -0.4 is 0 Å². The molecule has 1 aromatic rings. The van der Waals surface area contributed by atoms with Crippen LogP contribution in [0.4, 0.5) is 0 Å². The second kappa shape index (κ2) is 6.14. The van der Waals surface area contributed by atoms with Crippen molar-refractivity contribution in [3.05, 3.63) is 16.1 Å². The summed E-state index contributed by atoms with van der Waals surface area (Å²) in [6.07, 6.45) is 5.75. The van der Waals surface area contributed by atoms with E-state index in [-0.39, 0.29) is 11.3 Å². The minimum absolute atomic E-state index is 0.115. The summed E-state index contributed by atoms with van der Waals surface area (Å²) in [6, 6.07) is 0. The zero-order valence-electron chi connectivity index (χ0n) is 14.3. The van der Waals surface area contributed by atoms with Crippen LogP contribution in [0.3, 0.4) is 0 Å². The lowest BCUT2D eigenvalue weighted by molar-refractivity contribution is -0.146. The zero-order chi connectivity index (χ0) is 16.7. The molecule has 0 radical (unpaired) electrons. The predicted octanol–water partition coefficient (Wildman–Crippen LogP) is 2.25. The molecule has 1 atom stereocenters. The topological polar surface area (TPSA) is 53.5 Å². The Labute approximate surface area is 147 Å². The van der Waals surface area contributed by atoms with E-state index in [9.17, 15) is 9.59 Å². The summed E-state index contributed by atoms with van der Waals surface area (Å²) in [7, 11) is 0. The van der Waals surface area contributed by atoms with Crippen molar-refractivity contribution in [2.45, 2.75) is 45.4 Å². The third kappa shape index (κ3) is 3.08. The molecular formula is C18H25N3O2S. The molecule has 4 rings (SSSR count). The van der Waals surface area contributed by atoms with Gasteiger partial charge in [0.25, 0.3) is 0 Å². The summed E-state index contributed by atoms with van der Waals surface area (Å²) in [6.45, 7) is 5.12. The molecule has 24 heavy (non-hydrogen) atoms. The second-order valence-corrected chi connectivity index (χ2v) is 8.74. The lowest BCUT2D eigenvalue weighted by Gasteiger charge is -2.39. The van der Waals surface area contributed by atoms with E-state index in [1.807, 2.05) is 17.2 Å². The molecule has 3 fully saturated rings. The van der Waals surface area contributed by atoms with Gasteiger partial charge in [0.2, 0.25) is 11.8 Å². The van der Waals surface area contributed by atoms with Gasteiger partial charge in [0.1, 0.15) is 0 Å². The predicted molar refractivity (Wildman–Crippen MR) is 92.7 cm³/mol. The molecule has 0 aromatic carbocycles. The van der Waals surface area contributed by atoms with E-state index in [4.69, 9.17) is 0 Å². The number of nitrogens with zero attached hydrogens (tertiary/aromatic N) is 3. The highest BCUT2D eigenvalue weighted by Crippen LogP contribution is 2.41. The molecule has 0 N–H and O–H groups in total. The molecule has 6 heteroatoms. The second-order valence-electron chi connectivity index (χ2n) is 7.68. The van der Waals surface area contributed by atoms with E-state index < -0.39 is 0 Å². The molecule has 1 saturated carbocycles. The van der Waals surface area contributed by atoms with Crippen LogP contribution >= 0.6 is 11.3 Å². The van der Waals surface area contributed by atoms with E-state index >= 15 is 0 Å². The molecule has 1 unspecified atom stereocenters. The lowest BCUT2D eigenvalue weighted by atomic mass is 9.78. The van der Waals surface area contributed by atoms with E-state index in [0.717, 1.165) is 49.0 Å². The number of carbonyl (C=O) groups excluding carboxylic acids is 2. The fraction of sp³-hybridized carbons (Fsp3) is 0.722. The van der Waals surface area contributed by atoms with Gasteiger partial charge in [-0.1, -0.05) is 0 Å². The SMILES string of the molecule is Cc1nc(CC(=O)N2CCC3(CCCN(CC4CC4)C3=O)C2)cs1. The number of thiazole rings is 1. The fourth-order valence-electron chi connectivity index (χ4n) is 4.16. The van der Waals surface area contributed by atoms with Gasteiger partial charge in [-0.3, -0.25) is 9.59 Å². The number of piperidine rings is 1. The number of amides is 2. The summed E-state index contributed by atoms with van der Waals surface area (Å²) in [5.74, 6) is 1.15. The lowest BCUT2D eigenvalue weighted by Crippen LogP contribution is -2.51. The first-order valence-corrected chi connectivity index (χ1v) is 9.92. The van der Waals surface area contributed by atoms with Crippen molar-refractivity contribution in [2.75, 3.05) is 26.2 Å². The third-order valence-corrected chi connectivity index (χ3v) is 6.53. The van der Waals surface area contributed by atoms with E-state index in [0.29, 0.717) is 25.4 Å². The Kier molecular flexibility index (Phi) is 4.11. The summed E-state index contributed by atoms with van der Waals surface area (Å²) < 4.78 is 0. The van der Waals surface area contributed by atoms with Crippen molar-refractivity contribution < 1.29 is 9.59 Å². The standard InChI is InChI=1S/C18H25N3O2S/c1-13-19-15(11-24-13)9-16(22)21-8-6-18(12-21)5-2-7-20(17(18)23)10-14-3-4-14/h11,14H,2-10,12H2,1H3. The van der Waals surface area contributed by atoms with Gasteiger partial charge in [-0.15, -0.1) is 11.3 Å². The number of rotatable bonds is 4. The van der Waals surface area contributed by atoms with Crippen LogP contribution in [0.1, 0.15) is 42.8 Å². The van der Waals surface area contributed by atoms with Gasteiger partial charge in [-0.2, -0.15) is 0 Å². The summed E-state index contributed by atoms with van der Waals surface area (Å²) in [4.78, 5) is 34.0. The molecule has 3 heterocycles. The van der Waals surface area contributed by atoms with Gasteiger partial charge in [-0.05, 0) is 44.9 Å². The molecular weight excluding hydrogens is 322 g/mol. The van der Waals surface area contributed by atoms with Crippen molar-refractivity contribution in [3.8, 4) is 0 Å². The van der Waals surface area contributed by atoms with Gasteiger partial charge in [0.05, 0.1) is 22.5 Å². The number of hydrogen-bond donors (Lipinski definition) is 0. The Morgan fingerprint density at radius 3 is 2.92 bits per heavy atom. The molecule has 2 aliphatic heterocycles. The van der Waals surface area contributed by atoms with Crippen LogP contribution in [0.5, 0.6) is 0 Å². The Balaban J connectivity index is 1.40. The Morgan fingerprint density at radius 2 is 2.21 bits per heavy atom. The molecule has 1 aliphatic carbocycles. The maximum atomic E-state index is 13.0. The highest BCUT2D eigenvalue weighted by atomic mass is 32.1. The zero-order valence-corrected chi connectivity index (χ0v) is 15.1.